The maximum Gasteiger partial charge on any atom is 0.224 e. The molecule has 0 aliphatic carbocycles. The van der Waals surface area contributed by atoms with E-state index >= 15 is 0 Å². The van der Waals surface area contributed by atoms with E-state index in [-0.39, 0.29) is 17.7 Å². The molecule has 1 atom stereocenters. The summed E-state index contributed by atoms with van der Waals surface area (Å²) in [5.74, 6) is 0.230. The van der Waals surface area contributed by atoms with E-state index in [4.69, 9.17) is 0 Å². The Labute approximate surface area is 120 Å². The van der Waals surface area contributed by atoms with Crippen LogP contribution in [0.3, 0.4) is 0 Å². The van der Waals surface area contributed by atoms with Crippen molar-refractivity contribution in [3.05, 3.63) is 36.4 Å². The number of benzene rings is 1. The zero-order chi connectivity index (χ0) is 15.0. The Morgan fingerprint density at radius 1 is 1.50 bits per heavy atom. The summed E-state index contributed by atoms with van der Waals surface area (Å²) in [4.78, 5) is 11.6. The molecular weight excluding hydrogens is 252 g/mol. The first-order chi connectivity index (χ1) is 9.58. The highest BCUT2D eigenvalue weighted by molar-refractivity contribution is 5.90. The van der Waals surface area contributed by atoms with E-state index in [1.165, 1.54) is 0 Å². The minimum atomic E-state index is -0.00332. The van der Waals surface area contributed by atoms with Crippen LogP contribution in [0.4, 0.5) is 5.69 Å². The average molecular weight is 276 g/mol. The van der Waals surface area contributed by atoms with Gasteiger partial charge in [0.2, 0.25) is 5.91 Å². The number of hydrogen-bond donors (Lipinski definition) is 3. The lowest BCUT2D eigenvalue weighted by Crippen LogP contribution is -2.20. The molecule has 0 aliphatic heterocycles. The Balaban J connectivity index is 2.74. The minimum absolute atomic E-state index is 0.00332. The van der Waals surface area contributed by atoms with Gasteiger partial charge in [0.1, 0.15) is 5.75 Å². The predicted molar refractivity (Wildman–Crippen MR) is 82.9 cm³/mol. The van der Waals surface area contributed by atoms with E-state index in [1.54, 1.807) is 12.1 Å². The van der Waals surface area contributed by atoms with Gasteiger partial charge in [-0.1, -0.05) is 13.0 Å². The molecule has 0 fully saturated rings. The van der Waals surface area contributed by atoms with Crippen molar-refractivity contribution in [2.75, 3.05) is 11.9 Å². The summed E-state index contributed by atoms with van der Waals surface area (Å²) in [6, 6.07) is 5.15. The first-order valence-corrected chi connectivity index (χ1v) is 7.05. The van der Waals surface area contributed by atoms with Gasteiger partial charge in [0.25, 0.3) is 0 Å². The molecule has 3 N–H and O–H groups in total. The summed E-state index contributed by atoms with van der Waals surface area (Å²) >= 11 is 0. The third-order valence-electron chi connectivity index (χ3n) is 3.05. The van der Waals surface area contributed by atoms with E-state index in [0.717, 1.165) is 24.9 Å². The van der Waals surface area contributed by atoms with Crippen LogP contribution in [0, 0.1) is 0 Å². The second-order valence-electron chi connectivity index (χ2n) is 4.82. The van der Waals surface area contributed by atoms with Gasteiger partial charge < -0.3 is 15.7 Å². The van der Waals surface area contributed by atoms with Gasteiger partial charge in [-0.05, 0) is 44.5 Å². The maximum atomic E-state index is 11.6. The van der Waals surface area contributed by atoms with Crippen molar-refractivity contribution in [2.45, 2.75) is 39.2 Å². The number of anilines is 1. The lowest BCUT2D eigenvalue weighted by molar-refractivity contribution is -0.116. The second-order valence-corrected chi connectivity index (χ2v) is 4.82. The van der Waals surface area contributed by atoms with Crippen molar-refractivity contribution >= 4 is 11.6 Å². The fraction of sp³-hybridized carbons (Fsp3) is 0.438. The van der Waals surface area contributed by atoms with Crippen LogP contribution in [-0.2, 0) is 4.79 Å². The molecule has 1 unspecified atom stereocenters. The minimum Gasteiger partial charge on any atom is -0.508 e. The molecule has 110 valence electrons. The monoisotopic (exact) mass is 276 g/mol. The molecule has 0 aromatic heterocycles. The Morgan fingerprint density at radius 3 is 2.90 bits per heavy atom. The molecule has 1 amide bonds. The summed E-state index contributed by atoms with van der Waals surface area (Å²) in [5, 5.41) is 16.1. The van der Waals surface area contributed by atoms with Crippen LogP contribution >= 0.6 is 0 Å². The molecule has 1 aromatic carbocycles. The second kappa shape index (κ2) is 8.38. The largest absolute Gasteiger partial charge is 0.508 e. The quantitative estimate of drug-likeness (QED) is 0.387. The molecule has 1 rings (SSSR count). The number of phenols is 1. The zero-order valence-electron chi connectivity index (χ0n) is 12.3. The lowest BCUT2D eigenvalue weighted by atomic mass is 10.1. The Hall–Kier alpha value is -1.81. The van der Waals surface area contributed by atoms with E-state index in [9.17, 15) is 9.90 Å². The van der Waals surface area contributed by atoms with E-state index in [2.05, 4.69) is 17.2 Å². The predicted octanol–water partition coefficient (Wildman–Crippen LogP) is 3.36. The fourth-order valence-electron chi connectivity index (χ4n) is 1.94. The number of phenolic OH excluding ortho intramolecular Hbond substituents is 1. The molecule has 0 radical (unpaired) electrons. The fourth-order valence-corrected chi connectivity index (χ4v) is 1.94. The Kier molecular flexibility index (Phi) is 6.81. The highest BCUT2D eigenvalue weighted by Gasteiger charge is 2.11. The average Bonchev–Trinajstić information content (AvgIpc) is 2.41. The number of amides is 1. The van der Waals surface area contributed by atoms with Crippen LogP contribution in [0.25, 0.3) is 0 Å². The molecule has 20 heavy (non-hydrogen) atoms. The topological polar surface area (TPSA) is 61.4 Å². The number of aromatic hydroxyl groups is 1. The number of hydrogen-bond acceptors (Lipinski definition) is 3. The number of nitrogens with one attached hydrogen (secondary N) is 2. The van der Waals surface area contributed by atoms with Crippen molar-refractivity contribution < 1.29 is 9.90 Å². The van der Waals surface area contributed by atoms with Crippen molar-refractivity contribution in [3.8, 4) is 5.75 Å². The summed E-state index contributed by atoms with van der Waals surface area (Å²) in [6.07, 6.45) is 4.04. The van der Waals surface area contributed by atoms with Crippen LogP contribution in [0.5, 0.6) is 5.75 Å². The number of rotatable bonds is 8. The van der Waals surface area contributed by atoms with Crippen LogP contribution in [-0.4, -0.2) is 17.6 Å². The molecule has 0 spiro atoms. The van der Waals surface area contributed by atoms with Gasteiger partial charge in [0, 0.05) is 23.7 Å². The number of carbonyl (C=O) groups excluding carboxylic acids is 1. The molecule has 0 bridgehead atoms. The van der Waals surface area contributed by atoms with Crippen molar-refractivity contribution in [3.63, 3.8) is 0 Å². The standard InChI is InChI=1S/C16H24N2O2/c1-4-6-10-17-12(3)14-11-13(8-9-15(14)19)18-16(20)7-5-2/h4,8-9,11-12,17,19H,1,5-7,10H2,2-3H3,(H,18,20). The van der Waals surface area contributed by atoms with Gasteiger partial charge in [0.05, 0.1) is 0 Å². The molecule has 0 aliphatic rings. The lowest BCUT2D eigenvalue weighted by Gasteiger charge is -2.16. The molecule has 0 saturated carbocycles. The molecule has 1 aromatic rings. The van der Waals surface area contributed by atoms with Crippen molar-refractivity contribution in [2.24, 2.45) is 0 Å². The van der Waals surface area contributed by atoms with E-state index in [0.29, 0.717) is 12.1 Å². The van der Waals surface area contributed by atoms with Crippen molar-refractivity contribution in [1.82, 2.24) is 5.32 Å². The molecule has 4 nitrogen and oxygen atoms in total. The van der Waals surface area contributed by atoms with Gasteiger partial charge in [-0.15, -0.1) is 6.58 Å². The SMILES string of the molecule is C=CCCNC(C)c1cc(NC(=O)CCC)ccc1O. The van der Waals surface area contributed by atoms with Crippen molar-refractivity contribution in [1.29, 1.82) is 0 Å². The Morgan fingerprint density at radius 2 is 2.25 bits per heavy atom. The van der Waals surface area contributed by atoms with E-state index < -0.39 is 0 Å². The maximum absolute atomic E-state index is 11.6. The normalized spacial score (nSPS) is 11.9. The third kappa shape index (κ3) is 5.05. The molecule has 4 heteroatoms. The Bertz CT molecular complexity index is 458. The van der Waals surface area contributed by atoms with Crippen LogP contribution in [0.1, 0.15) is 44.7 Å². The van der Waals surface area contributed by atoms with Gasteiger partial charge >= 0.3 is 0 Å². The zero-order valence-corrected chi connectivity index (χ0v) is 12.3. The molecule has 0 heterocycles. The highest BCUT2D eigenvalue weighted by Crippen LogP contribution is 2.27. The van der Waals surface area contributed by atoms with Gasteiger partial charge in [-0.25, -0.2) is 0 Å². The van der Waals surface area contributed by atoms with Gasteiger partial charge in [-0.3, -0.25) is 4.79 Å². The van der Waals surface area contributed by atoms with Crippen LogP contribution < -0.4 is 10.6 Å². The molecule has 0 saturated heterocycles. The van der Waals surface area contributed by atoms with Gasteiger partial charge in [0.15, 0.2) is 0 Å². The first-order valence-electron chi connectivity index (χ1n) is 7.05. The summed E-state index contributed by atoms with van der Waals surface area (Å²) < 4.78 is 0. The first kappa shape index (κ1) is 16.2. The summed E-state index contributed by atoms with van der Waals surface area (Å²) in [7, 11) is 0. The van der Waals surface area contributed by atoms with Crippen LogP contribution in [0.15, 0.2) is 30.9 Å². The van der Waals surface area contributed by atoms with E-state index in [1.807, 2.05) is 26.0 Å². The summed E-state index contributed by atoms with van der Waals surface area (Å²) in [5.41, 5.74) is 1.50. The van der Waals surface area contributed by atoms with Crippen LogP contribution in [0.2, 0.25) is 0 Å². The molecular formula is C16H24N2O2. The summed E-state index contributed by atoms with van der Waals surface area (Å²) in [6.45, 7) is 8.42. The number of carbonyl (C=O) groups is 1. The highest BCUT2D eigenvalue weighted by atomic mass is 16.3. The third-order valence-corrected chi connectivity index (χ3v) is 3.05. The van der Waals surface area contributed by atoms with Gasteiger partial charge in [-0.2, -0.15) is 0 Å². The smallest absolute Gasteiger partial charge is 0.224 e.